The van der Waals surface area contributed by atoms with Crippen LogP contribution in [0.15, 0.2) is 17.6 Å². The van der Waals surface area contributed by atoms with E-state index in [1.807, 2.05) is 18.6 Å². The fourth-order valence-electron chi connectivity index (χ4n) is 1.08. The van der Waals surface area contributed by atoms with E-state index in [0.717, 1.165) is 30.4 Å². The highest BCUT2D eigenvalue weighted by atomic mass is 32.2. The molecule has 0 spiro atoms. The van der Waals surface area contributed by atoms with Crippen molar-refractivity contribution >= 4 is 11.8 Å². The Bertz CT molecular complexity index is 273. The molecule has 84 valence electrons. The number of hydrogen-bond acceptors (Lipinski definition) is 5. The molecule has 0 aromatic carbocycles. The summed E-state index contributed by atoms with van der Waals surface area (Å²) in [6, 6.07) is 0. The number of aromatic nitrogens is 2. The molecule has 15 heavy (non-hydrogen) atoms. The summed E-state index contributed by atoms with van der Waals surface area (Å²) in [6.45, 7) is 2.86. The number of likely N-dealkylation sites (N-methyl/N-ethyl adjacent to an activating group) is 1. The Labute approximate surface area is 95.5 Å². The van der Waals surface area contributed by atoms with E-state index in [4.69, 9.17) is 0 Å². The monoisotopic (exact) mass is 226 g/mol. The van der Waals surface area contributed by atoms with Gasteiger partial charge in [-0.25, -0.2) is 9.97 Å². The molecule has 0 saturated carbocycles. The molecule has 0 radical (unpaired) electrons. The van der Waals surface area contributed by atoms with Crippen molar-refractivity contribution in [2.24, 2.45) is 0 Å². The van der Waals surface area contributed by atoms with Crippen molar-refractivity contribution in [2.75, 3.05) is 33.4 Å². The van der Waals surface area contributed by atoms with Crippen LogP contribution in [0, 0.1) is 0 Å². The van der Waals surface area contributed by atoms with Crippen LogP contribution < -0.4 is 5.32 Å². The van der Waals surface area contributed by atoms with Crippen molar-refractivity contribution in [1.82, 2.24) is 20.2 Å². The Morgan fingerprint density at radius 2 is 2.00 bits per heavy atom. The fourth-order valence-corrected chi connectivity index (χ4v) is 1.39. The molecule has 0 aliphatic heterocycles. The zero-order valence-corrected chi connectivity index (χ0v) is 10.3. The van der Waals surface area contributed by atoms with E-state index in [0.29, 0.717) is 0 Å². The van der Waals surface area contributed by atoms with Crippen LogP contribution in [0.1, 0.15) is 5.56 Å². The molecule has 1 heterocycles. The Kier molecular flexibility index (Phi) is 5.60. The highest BCUT2D eigenvalue weighted by molar-refractivity contribution is 7.98. The first-order chi connectivity index (χ1) is 7.22. The molecule has 5 heteroatoms. The van der Waals surface area contributed by atoms with Gasteiger partial charge in [-0.05, 0) is 20.4 Å². The number of rotatable bonds is 6. The highest BCUT2D eigenvalue weighted by Gasteiger charge is 1.96. The molecule has 1 rings (SSSR count). The number of nitrogens with zero attached hydrogens (tertiary/aromatic N) is 3. The third-order valence-corrected chi connectivity index (χ3v) is 2.51. The maximum Gasteiger partial charge on any atom is 0.187 e. The first-order valence-electron chi connectivity index (χ1n) is 4.92. The van der Waals surface area contributed by atoms with Crippen LogP contribution in [0.25, 0.3) is 0 Å². The van der Waals surface area contributed by atoms with Crippen LogP contribution in [0.2, 0.25) is 0 Å². The molecule has 0 atom stereocenters. The molecule has 1 aromatic heterocycles. The summed E-state index contributed by atoms with van der Waals surface area (Å²) < 4.78 is 0. The smallest absolute Gasteiger partial charge is 0.187 e. The minimum atomic E-state index is 0.826. The topological polar surface area (TPSA) is 41.1 Å². The second kappa shape index (κ2) is 6.76. The highest BCUT2D eigenvalue weighted by Crippen LogP contribution is 2.06. The standard InChI is InChI=1S/C10H18N4S/c1-14(2)5-4-11-6-9-7-12-10(15-3)13-8-9/h7-8,11H,4-6H2,1-3H3. The average molecular weight is 226 g/mol. The lowest BCUT2D eigenvalue weighted by Crippen LogP contribution is -2.26. The molecule has 0 fully saturated rings. The van der Waals surface area contributed by atoms with Gasteiger partial charge in [-0.3, -0.25) is 0 Å². The van der Waals surface area contributed by atoms with E-state index in [1.54, 1.807) is 11.8 Å². The minimum absolute atomic E-state index is 0.826. The zero-order valence-electron chi connectivity index (χ0n) is 9.53. The Hall–Kier alpha value is -0.650. The number of nitrogens with one attached hydrogen (secondary N) is 1. The van der Waals surface area contributed by atoms with E-state index in [1.165, 1.54) is 0 Å². The van der Waals surface area contributed by atoms with Gasteiger partial charge in [0.1, 0.15) is 0 Å². The molecule has 1 aromatic rings. The van der Waals surface area contributed by atoms with Gasteiger partial charge in [-0.15, -0.1) is 0 Å². The lowest BCUT2D eigenvalue weighted by Gasteiger charge is -2.09. The maximum atomic E-state index is 4.21. The van der Waals surface area contributed by atoms with Gasteiger partial charge in [0.2, 0.25) is 0 Å². The fraction of sp³-hybridized carbons (Fsp3) is 0.600. The summed E-state index contributed by atoms with van der Waals surface area (Å²) in [5.74, 6) is 0. The van der Waals surface area contributed by atoms with Crippen molar-refractivity contribution < 1.29 is 0 Å². The molecule has 1 N–H and O–H groups in total. The van der Waals surface area contributed by atoms with E-state index >= 15 is 0 Å². The summed E-state index contributed by atoms with van der Waals surface area (Å²) in [7, 11) is 4.14. The van der Waals surface area contributed by atoms with Crippen LogP contribution in [0.3, 0.4) is 0 Å². The predicted octanol–water partition coefficient (Wildman–Crippen LogP) is 0.850. The quantitative estimate of drug-likeness (QED) is 0.442. The normalized spacial score (nSPS) is 10.9. The zero-order chi connectivity index (χ0) is 11.1. The van der Waals surface area contributed by atoms with E-state index in [2.05, 4.69) is 34.3 Å². The second-order valence-corrected chi connectivity index (χ2v) is 4.33. The van der Waals surface area contributed by atoms with Gasteiger partial charge in [-0.1, -0.05) is 11.8 Å². The van der Waals surface area contributed by atoms with Gasteiger partial charge in [0.15, 0.2) is 5.16 Å². The molecule has 0 bridgehead atoms. The Morgan fingerprint density at radius 3 is 2.53 bits per heavy atom. The molecule has 4 nitrogen and oxygen atoms in total. The summed E-state index contributed by atoms with van der Waals surface area (Å²) >= 11 is 1.56. The molecule has 0 aliphatic rings. The molecule has 0 unspecified atom stereocenters. The number of thioether (sulfide) groups is 1. The SMILES string of the molecule is CSc1ncc(CNCCN(C)C)cn1. The average Bonchev–Trinajstić information content (AvgIpc) is 2.25. The first-order valence-corrected chi connectivity index (χ1v) is 6.15. The van der Waals surface area contributed by atoms with Gasteiger partial charge in [0.05, 0.1) is 0 Å². The van der Waals surface area contributed by atoms with Crippen LogP contribution in [0.5, 0.6) is 0 Å². The van der Waals surface area contributed by atoms with E-state index < -0.39 is 0 Å². The maximum absolute atomic E-state index is 4.21. The Morgan fingerprint density at radius 1 is 1.33 bits per heavy atom. The van der Waals surface area contributed by atoms with E-state index in [9.17, 15) is 0 Å². The van der Waals surface area contributed by atoms with Gasteiger partial charge in [0, 0.05) is 37.6 Å². The van der Waals surface area contributed by atoms with Crippen LogP contribution in [-0.4, -0.2) is 48.3 Å². The molecular formula is C10H18N4S. The summed E-state index contributed by atoms with van der Waals surface area (Å²) in [6.07, 6.45) is 5.73. The molecular weight excluding hydrogens is 208 g/mol. The van der Waals surface area contributed by atoms with Crippen molar-refractivity contribution in [3.63, 3.8) is 0 Å². The van der Waals surface area contributed by atoms with Gasteiger partial charge >= 0.3 is 0 Å². The molecule has 0 amide bonds. The van der Waals surface area contributed by atoms with Crippen molar-refractivity contribution in [3.05, 3.63) is 18.0 Å². The van der Waals surface area contributed by atoms with Gasteiger partial charge in [-0.2, -0.15) is 0 Å². The minimum Gasteiger partial charge on any atom is -0.311 e. The van der Waals surface area contributed by atoms with Gasteiger partial charge in [0.25, 0.3) is 0 Å². The van der Waals surface area contributed by atoms with Gasteiger partial charge < -0.3 is 10.2 Å². The first kappa shape index (κ1) is 12.4. The van der Waals surface area contributed by atoms with E-state index in [-0.39, 0.29) is 0 Å². The number of hydrogen-bond donors (Lipinski definition) is 1. The second-order valence-electron chi connectivity index (χ2n) is 3.56. The van der Waals surface area contributed by atoms with Crippen LogP contribution >= 0.6 is 11.8 Å². The third kappa shape index (κ3) is 5.11. The van der Waals surface area contributed by atoms with Crippen LogP contribution in [0.4, 0.5) is 0 Å². The van der Waals surface area contributed by atoms with Crippen molar-refractivity contribution in [2.45, 2.75) is 11.7 Å². The lowest BCUT2D eigenvalue weighted by molar-refractivity contribution is 0.400. The largest absolute Gasteiger partial charge is 0.311 e. The summed E-state index contributed by atoms with van der Waals surface area (Å²) in [5.41, 5.74) is 1.13. The predicted molar refractivity (Wildman–Crippen MR) is 64.1 cm³/mol. The summed E-state index contributed by atoms with van der Waals surface area (Å²) in [5, 5.41) is 4.17. The van der Waals surface area contributed by atoms with Crippen LogP contribution in [-0.2, 0) is 6.54 Å². The summed E-state index contributed by atoms with van der Waals surface area (Å²) in [4.78, 5) is 10.6. The molecule has 0 saturated heterocycles. The lowest BCUT2D eigenvalue weighted by atomic mass is 10.3. The van der Waals surface area contributed by atoms with Crippen molar-refractivity contribution in [1.29, 1.82) is 0 Å². The molecule has 0 aliphatic carbocycles. The third-order valence-electron chi connectivity index (χ3n) is 1.93. The Balaban J connectivity index is 2.25. The van der Waals surface area contributed by atoms with Crippen molar-refractivity contribution in [3.8, 4) is 0 Å².